The number of esters is 1. The van der Waals surface area contributed by atoms with Crippen molar-refractivity contribution in [2.45, 2.75) is 31.2 Å². The standard InChI is InChI=1S/C19H20FN5O6/c1-30-17(28)10-5-3-2-4-9(10)7-24-11-6-22-18(21)23-15(11)25(19(24)29)16-14(27)13(20)12(8-26)31-16/h2-6,12-14,16,26-27H,7-8H2,1H3,(H2,21,22,23)/t12-,13-,14-,16-/m1/s1. The Kier molecular flexibility index (Phi) is 5.43. The van der Waals surface area contributed by atoms with Crippen LogP contribution >= 0.6 is 0 Å². The Morgan fingerprint density at radius 1 is 1.39 bits per heavy atom. The molecule has 1 aliphatic rings. The van der Waals surface area contributed by atoms with Crippen LogP contribution in [0.5, 0.6) is 0 Å². The summed E-state index contributed by atoms with van der Waals surface area (Å²) in [4.78, 5) is 33.4. The zero-order valence-corrected chi connectivity index (χ0v) is 16.4. The highest BCUT2D eigenvalue weighted by atomic mass is 19.1. The molecule has 4 N–H and O–H groups in total. The van der Waals surface area contributed by atoms with Gasteiger partial charge in [0.25, 0.3) is 0 Å². The van der Waals surface area contributed by atoms with Gasteiger partial charge in [-0.05, 0) is 11.6 Å². The van der Waals surface area contributed by atoms with Crippen LogP contribution in [0.25, 0.3) is 11.2 Å². The van der Waals surface area contributed by atoms with Crippen molar-refractivity contribution in [2.75, 3.05) is 19.5 Å². The minimum atomic E-state index is -1.90. The first kappa shape index (κ1) is 20.9. The fourth-order valence-corrected chi connectivity index (χ4v) is 3.66. The summed E-state index contributed by atoms with van der Waals surface area (Å²) in [6.45, 7) is -0.738. The van der Waals surface area contributed by atoms with E-state index in [-0.39, 0.29) is 29.2 Å². The Bertz CT molecular complexity index is 1190. The van der Waals surface area contributed by atoms with E-state index in [0.29, 0.717) is 5.56 Å². The molecule has 11 nitrogen and oxygen atoms in total. The van der Waals surface area contributed by atoms with Crippen LogP contribution in [0.3, 0.4) is 0 Å². The molecule has 0 aliphatic carbocycles. The van der Waals surface area contributed by atoms with E-state index in [1.807, 2.05) is 0 Å². The summed E-state index contributed by atoms with van der Waals surface area (Å²) in [5, 5.41) is 19.6. The summed E-state index contributed by atoms with van der Waals surface area (Å²) in [6, 6.07) is 6.57. The number of aliphatic hydroxyl groups excluding tert-OH is 2. The molecule has 1 aliphatic heterocycles. The average Bonchev–Trinajstić information content (AvgIpc) is 3.20. The van der Waals surface area contributed by atoms with Gasteiger partial charge in [0, 0.05) is 0 Å². The number of imidazole rings is 1. The number of nitrogen functional groups attached to an aromatic ring is 1. The molecule has 164 valence electrons. The number of carbonyl (C=O) groups is 1. The molecule has 0 spiro atoms. The second-order valence-corrected chi connectivity index (χ2v) is 7.01. The number of carbonyl (C=O) groups excluding carboxylic acids is 1. The van der Waals surface area contributed by atoms with Crippen LogP contribution in [0.2, 0.25) is 0 Å². The summed E-state index contributed by atoms with van der Waals surface area (Å²) >= 11 is 0. The summed E-state index contributed by atoms with van der Waals surface area (Å²) in [7, 11) is 1.25. The maximum Gasteiger partial charge on any atom is 0.338 e. The Morgan fingerprint density at radius 3 is 2.81 bits per heavy atom. The van der Waals surface area contributed by atoms with E-state index in [2.05, 4.69) is 9.97 Å². The van der Waals surface area contributed by atoms with Crippen LogP contribution in [0, 0.1) is 0 Å². The number of benzene rings is 1. The first-order valence-electron chi connectivity index (χ1n) is 9.35. The number of rotatable bonds is 5. The molecule has 3 heterocycles. The summed E-state index contributed by atoms with van der Waals surface area (Å²) in [6.07, 6.45) is -5.04. The second-order valence-electron chi connectivity index (χ2n) is 7.01. The maximum absolute atomic E-state index is 14.3. The van der Waals surface area contributed by atoms with E-state index >= 15 is 0 Å². The van der Waals surface area contributed by atoms with Crippen molar-refractivity contribution in [3.63, 3.8) is 0 Å². The van der Waals surface area contributed by atoms with Crippen LogP contribution < -0.4 is 11.4 Å². The lowest BCUT2D eigenvalue weighted by Gasteiger charge is -2.15. The number of halogens is 1. The third-order valence-electron chi connectivity index (χ3n) is 5.20. The van der Waals surface area contributed by atoms with Crippen molar-refractivity contribution >= 4 is 23.1 Å². The van der Waals surface area contributed by atoms with E-state index in [4.69, 9.17) is 15.2 Å². The number of aliphatic hydroxyl groups is 2. The number of nitrogens with zero attached hydrogens (tertiary/aromatic N) is 4. The van der Waals surface area contributed by atoms with Crippen molar-refractivity contribution in [1.29, 1.82) is 0 Å². The predicted octanol–water partition coefficient (Wildman–Crippen LogP) is -0.401. The number of hydrogen-bond acceptors (Lipinski definition) is 9. The molecule has 1 fully saturated rings. The zero-order valence-electron chi connectivity index (χ0n) is 16.4. The van der Waals surface area contributed by atoms with Gasteiger partial charge in [-0.25, -0.2) is 23.5 Å². The molecule has 12 heteroatoms. The molecule has 31 heavy (non-hydrogen) atoms. The van der Waals surface area contributed by atoms with Gasteiger partial charge in [0.15, 0.2) is 18.0 Å². The van der Waals surface area contributed by atoms with Crippen LogP contribution in [-0.4, -0.2) is 67.4 Å². The fourth-order valence-electron chi connectivity index (χ4n) is 3.66. The van der Waals surface area contributed by atoms with Gasteiger partial charge in [-0.3, -0.25) is 4.57 Å². The minimum absolute atomic E-state index is 0.0166. The number of fused-ring (bicyclic) bond motifs is 1. The van der Waals surface area contributed by atoms with E-state index < -0.39 is 42.9 Å². The van der Waals surface area contributed by atoms with Crippen molar-refractivity contribution in [3.8, 4) is 0 Å². The van der Waals surface area contributed by atoms with Gasteiger partial charge in [-0.15, -0.1) is 0 Å². The topological polar surface area (TPSA) is 155 Å². The third-order valence-corrected chi connectivity index (χ3v) is 5.20. The van der Waals surface area contributed by atoms with Crippen LogP contribution in [0.1, 0.15) is 22.1 Å². The molecule has 0 radical (unpaired) electrons. The number of hydrogen-bond donors (Lipinski definition) is 3. The highest BCUT2D eigenvalue weighted by molar-refractivity contribution is 5.91. The zero-order chi connectivity index (χ0) is 22.3. The largest absolute Gasteiger partial charge is 0.465 e. The third kappa shape index (κ3) is 3.44. The van der Waals surface area contributed by atoms with Gasteiger partial charge in [0.1, 0.15) is 17.7 Å². The van der Waals surface area contributed by atoms with Crippen molar-refractivity contribution < 1.29 is 28.9 Å². The highest BCUT2D eigenvalue weighted by Crippen LogP contribution is 2.32. The monoisotopic (exact) mass is 433 g/mol. The Morgan fingerprint density at radius 2 is 2.13 bits per heavy atom. The van der Waals surface area contributed by atoms with Gasteiger partial charge in [-0.1, -0.05) is 18.2 Å². The predicted molar refractivity (Wildman–Crippen MR) is 105 cm³/mol. The van der Waals surface area contributed by atoms with E-state index in [1.54, 1.807) is 24.3 Å². The van der Waals surface area contributed by atoms with Crippen molar-refractivity contribution in [3.05, 3.63) is 52.1 Å². The van der Waals surface area contributed by atoms with E-state index in [9.17, 15) is 24.2 Å². The molecule has 4 rings (SSSR count). The molecule has 1 saturated heterocycles. The van der Waals surface area contributed by atoms with Gasteiger partial charge < -0.3 is 25.4 Å². The van der Waals surface area contributed by atoms with Gasteiger partial charge >= 0.3 is 11.7 Å². The lowest BCUT2D eigenvalue weighted by molar-refractivity contribution is -0.0513. The van der Waals surface area contributed by atoms with Gasteiger partial charge in [0.05, 0.1) is 32.0 Å². The van der Waals surface area contributed by atoms with E-state index in [0.717, 1.165) is 4.57 Å². The fraction of sp³-hybridized carbons (Fsp3) is 0.368. The van der Waals surface area contributed by atoms with Crippen molar-refractivity contribution in [2.24, 2.45) is 0 Å². The molecule has 0 bridgehead atoms. The number of alkyl halides is 1. The smallest absolute Gasteiger partial charge is 0.338 e. The van der Waals surface area contributed by atoms with E-state index in [1.165, 1.54) is 17.9 Å². The number of anilines is 1. The van der Waals surface area contributed by atoms with Gasteiger partial charge in [0.2, 0.25) is 5.95 Å². The molecule has 1 aromatic carbocycles. The summed E-state index contributed by atoms with van der Waals surface area (Å²) < 4.78 is 26.7. The summed E-state index contributed by atoms with van der Waals surface area (Å²) in [5.41, 5.74) is 5.98. The second kappa shape index (κ2) is 8.06. The normalized spacial score (nSPS) is 23.4. The Hall–Kier alpha value is -3.35. The SMILES string of the molecule is COC(=O)c1ccccc1Cn1c(=O)n([C@@H]2O[C@H](CO)[C@@H](F)[C@H]2O)c2nc(N)ncc21. The molecule has 2 aromatic heterocycles. The number of methoxy groups -OCH3 is 1. The molecule has 0 saturated carbocycles. The molecule has 4 atom stereocenters. The maximum atomic E-state index is 14.3. The highest BCUT2D eigenvalue weighted by Gasteiger charge is 2.46. The molecular formula is C19H20FN5O6. The number of ether oxygens (including phenoxy) is 2. The number of nitrogens with two attached hydrogens (primary N) is 1. The van der Waals surface area contributed by atoms with Crippen LogP contribution in [0.15, 0.2) is 35.3 Å². The molecule has 3 aromatic rings. The molecular weight excluding hydrogens is 413 g/mol. The van der Waals surface area contributed by atoms with Crippen LogP contribution in [-0.2, 0) is 16.0 Å². The number of aromatic nitrogens is 4. The quantitative estimate of drug-likeness (QED) is 0.456. The first-order chi connectivity index (χ1) is 14.9. The summed E-state index contributed by atoms with van der Waals surface area (Å²) in [5.74, 6) is -0.718. The first-order valence-corrected chi connectivity index (χ1v) is 9.35. The van der Waals surface area contributed by atoms with Crippen LogP contribution in [0.4, 0.5) is 10.3 Å². The van der Waals surface area contributed by atoms with Crippen molar-refractivity contribution in [1.82, 2.24) is 19.1 Å². The lowest BCUT2D eigenvalue weighted by atomic mass is 10.1. The Labute approximate surface area is 174 Å². The lowest BCUT2D eigenvalue weighted by Crippen LogP contribution is -2.34. The minimum Gasteiger partial charge on any atom is -0.465 e. The molecule has 0 amide bonds. The Balaban J connectivity index is 1.87. The van der Waals surface area contributed by atoms with Gasteiger partial charge in [-0.2, -0.15) is 4.98 Å². The molecule has 0 unspecified atom stereocenters. The average molecular weight is 433 g/mol.